The van der Waals surface area contributed by atoms with Gasteiger partial charge in [-0.3, -0.25) is 4.79 Å². The van der Waals surface area contributed by atoms with Crippen LogP contribution in [0.3, 0.4) is 0 Å². The van der Waals surface area contributed by atoms with Crippen LogP contribution in [0.1, 0.15) is 5.69 Å². The molecular formula is C12H14N2O3S. The molecule has 0 radical (unpaired) electrons. The third-order valence-electron chi connectivity index (χ3n) is 2.51. The lowest BCUT2D eigenvalue weighted by Crippen LogP contribution is -2.27. The van der Waals surface area contributed by atoms with Crippen LogP contribution in [0.15, 0.2) is 22.7 Å². The molecule has 2 aromatic rings. The third-order valence-corrected chi connectivity index (χ3v) is 2.74. The van der Waals surface area contributed by atoms with Crippen molar-refractivity contribution in [2.24, 2.45) is 0 Å². The second-order valence-corrected chi connectivity index (χ2v) is 4.19. The number of ether oxygens (including phenoxy) is 1. The monoisotopic (exact) mass is 266 g/mol. The average molecular weight is 266 g/mol. The Morgan fingerprint density at radius 2 is 2.39 bits per heavy atom. The summed E-state index contributed by atoms with van der Waals surface area (Å²) in [6.45, 7) is 0.543. The molecule has 1 aromatic carbocycles. The van der Waals surface area contributed by atoms with Gasteiger partial charge in [-0.1, -0.05) is 5.16 Å². The first-order valence-electron chi connectivity index (χ1n) is 5.54. The van der Waals surface area contributed by atoms with Crippen LogP contribution < -0.4 is 10.1 Å². The molecule has 18 heavy (non-hydrogen) atoms. The molecular weight excluding hydrogens is 252 g/mol. The summed E-state index contributed by atoms with van der Waals surface area (Å²) in [5.74, 6) is 1.23. The number of amides is 1. The summed E-state index contributed by atoms with van der Waals surface area (Å²) in [5.41, 5.74) is 1.26. The molecule has 0 atom stereocenters. The molecule has 0 bridgehead atoms. The number of hydrogen-bond acceptors (Lipinski definition) is 5. The maximum atomic E-state index is 11.6. The first-order chi connectivity index (χ1) is 8.74. The number of carbonyl (C=O) groups excluding carboxylic acids is 1. The Bertz CT molecular complexity index is 553. The molecule has 0 aliphatic carbocycles. The molecule has 0 aliphatic rings. The van der Waals surface area contributed by atoms with Crippen molar-refractivity contribution in [2.75, 3.05) is 19.4 Å². The highest BCUT2D eigenvalue weighted by Crippen LogP contribution is 2.23. The zero-order valence-corrected chi connectivity index (χ0v) is 10.9. The minimum atomic E-state index is -0.0953. The first kappa shape index (κ1) is 12.8. The molecule has 1 N–H and O–H groups in total. The number of nitrogens with zero attached hydrogens (tertiary/aromatic N) is 1. The highest BCUT2D eigenvalue weighted by Gasteiger charge is 2.12. The van der Waals surface area contributed by atoms with Gasteiger partial charge in [0.25, 0.3) is 0 Å². The normalized spacial score (nSPS) is 10.6. The molecule has 5 nitrogen and oxygen atoms in total. The summed E-state index contributed by atoms with van der Waals surface area (Å²) in [4.78, 5) is 11.6. The number of fused-ring (bicyclic) bond motifs is 1. The van der Waals surface area contributed by atoms with Gasteiger partial charge in [-0.2, -0.15) is 12.6 Å². The van der Waals surface area contributed by atoms with Gasteiger partial charge in [-0.15, -0.1) is 0 Å². The van der Waals surface area contributed by atoms with E-state index in [0.717, 1.165) is 5.39 Å². The Balaban J connectivity index is 2.20. The Hall–Kier alpha value is -1.69. The molecule has 2 rings (SSSR count). The predicted molar refractivity (Wildman–Crippen MR) is 71.1 cm³/mol. The fourth-order valence-corrected chi connectivity index (χ4v) is 1.74. The summed E-state index contributed by atoms with van der Waals surface area (Å²) in [5, 5.41) is 7.45. The fourth-order valence-electron chi connectivity index (χ4n) is 1.63. The van der Waals surface area contributed by atoms with Gasteiger partial charge in [-0.05, 0) is 18.2 Å². The van der Waals surface area contributed by atoms with Crippen LogP contribution in [-0.2, 0) is 11.2 Å². The van der Waals surface area contributed by atoms with E-state index in [2.05, 4.69) is 23.1 Å². The van der Waals surface area contributed by atoms with Crippen molar-refractivity contribution in [1.82, 2.24) is 10.5 Å². The van der Waals surface area contributed by atoms with Crippen molar-refractivity contribution in [1.29, 1.82) is 0 Å². The van der Waals surface area contributed by atoms with E-state index in [1.54, 1.807) is 19.2 Å². The van der Waals surface area contributed by atoms with Crippen LogP contribution in [0.2, 0.25) is 0 Å². The van der Waals surface area contributed by atoms with E-state index in [1.165, 1.54) is 0 Å². The van der Waals surface area contributed by atoms with Gasteiger partial charge < -0.3 is 14.6 Å². The summed E-state index contributed by atoms with van der Waals surface area (Å²) < 4.78 is 10.3. The molecule has 6 heteroatoms. The zero-order valence-electron chi connectivity index (χ0n) is 9.97. The van der Waals surface area contributed by atoms with E-state index < -0.39 is 0 Å². The highest BCUT2D eigenvalue weighted by atomic mass is 32.1. The SMILES string of the molecule is COc1ccc2onc(CC(=O)NCCS)c2c1. The Kier molecular flexibility index (Phi) is 4.09. The zero-order chi connectivity index (χ0) is 13.0. The second-order valence-electron chi connectivity index (χ2n) is 3.74. The van der Waals surface area contributed by atoms with Crippen molar-refractivity contribution < 1.29 is 14.1 Å². The van der Waals surface area contributed by atoms with E-state index in [9.17, 15) is 4.79 Å². The standard InChI is InChI=1S/C12H14N2O3S/c1-16-8-2-3-11-9(6-8)10(14-17-11)7-12(15)13-4-5-18/h2-3,6,18H,4-5,7H2,1H3,(H,13,15). The van der Waals surface area contributed by atoms with E-state index in [-0.39, 0.29) is 12.3 Å². The topological polar surface area (TPSA) is 64.4 Å². The van der Waals surface area contributed by atoms with Crippen LogP contribution >= 0.6 is 12.6 Å². The molecule has 1 aromatic heterocycles. The van der Waals surface area contributed by atoms with Crippen LogP contribution in [-0.4, -0.2) is 30.5 Å². The molecule has 1 amide bonds. The van der Waals surface area contributed by atoms with Gasteiger partial charge in [-0.25, -0.2) is 0 Å². The summed E-state index contributed by atoms with van der Waals surface area (Å²) >= 11 is 4.03. The maximum absolute atomic E-state index is 11.6. The molecule has 0 saturated carbocycles. The van der Waals surface area contributed by atoms with Crippen LogP contribution in [0, 0.1) is 0 Å². The molecule has 96 valence electrons. The average Bonchev–Trinajstić information content (AvgIpc) is 2.78. The molecule has 0 aliphatic heterocycles. The Morgan fingerprint density at radius 3 is 3.11 bits per heavy atom. The lowest BCUT2D eigenvalue weighted by Gasteiger charge is -2.01. The van der Waals surface area contributed by atoms with Gasteiger partial charge >= 0.3 is 0 Å². The van der Waals surface area contributed by atoms with Gasteiger partial charge in [0.05, 0.1) is 13.5 Å². The Labute approximate surface area is 110 Å². The predicted octanol–water partition coefficient (Wildman–Crippen LogP) is 1.42. The number of benzene rings is 1. The molecule has 0 spiro atoms. The van der Waals surface area contributed by atoms with Crippen molar-refractivity contribution in [2.45, 2.75) is 6.42 Å². The van der Waals surface area contributed by atoms with Crippen LogP contribution in [0.4, 0.5) is 0 Å². The van der Waals surface area contributed by atoms with Crippen LogP contribution in [0.25, 0.3) is 11.0 Å². The van der Waals surface area contributed by atoms with Gasteiger partial charge in [0.1, 0.15) is 11.4 Å². The van der Waals surface area contributed by atoms with Crippen LogP contribution in [0.5, 0.6) is 5.75 Å². The fraction of sp³-hybridized carbons (Fsp3) is 0.333. The quantitative estimate of drug-likeness (QED) is 0.803. The van der Waals surface area contributed by atoms with E-state index in [0.29, 0.717) is 29.3 Å². The molecule has 0 unspecified atom stereocenters. The number of carbonyl (C=O) groups is 1. The number of aromatic nitrogens is 1. The number of nitrogens with one attached hydrogen (secondary N) is 1. The lowest BCUT2D eigenvalue weighted by molar-refractivity contribution is -0.120. The van der Waals surface area contributed by atoms with E-state index >= 15 is 0 Å². The summed E-state index contributed by atoms with van der Waals surface area (Å²) in [6, 6.07) is 5.38. The summed E-state index contributed by atoms with van der Waals surface area (Å²) in [7, 11) is 1.59. The van der Waals surface area contributed by atoms with E-state index in [4.69, 9.17) is 9.26 Å². The smallest absolute Gasteiger partial charge is 0.226 e. The van der Waals surface area contributed by atoms with Crippen molar-refractivity contribution in [3.05, 3.63) is 23.9 Å². The van der Waals surface area contributed by atoms with Crippen molar-refractivity contribution in [3.63, 3.8) is 0 Å². The first-order valence-corrected chi connectivity index (χ1v) is 6.17. The highest BCUT2D eigenvalue weighted by molar-refractivity contribution is 7.80. The number of thiol groups is 1. The van der Waals surface area contributed by atoms with Gasteiger partial charge in [0.2, 0.25) is 5.91 Å². The minimum Gasteiger partial charge on any atom is -0.497 e. The van der Waals surface area contributed by atoms with Crippen molar-refractivity contribution >= 4 is 29.5 Å². The molecule has 0 fully saturated rings. The summed E-state index contributed by atoms with van der Waals surface area (Å²) in [6.07, 6.45) is 0.188. The second kappa shape index (κ2) is 5.77. The van der Waals surface area contributed by atoms with Gasteiger partial charge in [0.15, 0.2) is 5.58 Å². The van der Waals surface area contributed by atoms with Gasteiger partial charge in [0, 0.05) is 17.7 Å². The number of rotatable bonds is 5. The lowest BCUT2D eigenvalue weighted by atomic mass is 10.1. The Morgan fingerprint density at radius 1 is 1.56 bits per heavy atom. The largest absolute Gasteiger partial charge is 0.497 e. The number of methoxy groups -OCH3 is 1. The van der Waals surface area contributed by atoms with Crippen molar-refractivity contribution in [3.8, 4) is 5.75 Å². The maximum Gasteiger partial charge on any atom is 0.226 e. The molecule has 1 heterocycles. The van der Waals surface area contributed by atoms with E-state index in [1.807, 2.05) is 6.07 Å². The number of hydrogen-bond donors (Lipinski definition) is 2. The molecule has 0 saturated heterocycles. The third kappa shape index (κ3) is 2.76. The minimum absolute atomic E-state index is 0.0953.